The monoisotopic (exact) mass is 297 g/mol. The summed E-state index contributed by atoms with van der Waals surface area (Å²) >= 11 is 1.33. The molecule has 1 aromatic rings. The standard InChI is InChI=1S/C13H19N3O3S/c1-3-4-5-9-6-13(2,19-11(9)18)10(17)7-14-12-16-15-8-20-12/h8-9H,3-7H2,1-2H3,(H,14,16)/t9-,13-/m1/s1. The predicted molar refractivity (Wildman–Crippen MR) is 75.5 cm³/mol. The van der Waals surface area contributed by atoms with Gasteiger partial charge in [0.1, 0.15) is 5.51 Å². The summed E-state index contributed by atoms with van der Waals surface area (Å²) in [6.45, 7) is 3.87. The van der Waals surface area contributed by atoms with E-state index in [0.717, 1.165) is 19.3 Å². The lowest BCUT2D eigenvalue weighted by Gasteiger charge is -2.20. The second-order valence-corrected chi connectivity index (χ2v) is 6.05. The summed E-state index contributed by atoms with van der Waals surface area (Å²) < 4.78 is 5.33. The van der Waals surface area contributed by atoms with Crippen molar-refractivity contribution in [3.8, 4) is 0 Å². The fourth-order valence-electron chi connectivity index (χ4n) is 2.33. The number of aromatic nitrogens is 2. The number of nitrogens with zero attached hydrogens (tertiary/aromatic N) is 2. The first kappa shape index (κ1) is 14.9. The predicted octanol–water partition coefficient (Wildman–Crippen LogP) is 2.03. The molecule has 1 fully saturated rings. The molecule has 0 spiro atoms. The Kier molecular flexibility index (Phi) is 4.69. The van der Waals surface area contributed by atoms with Gasteiger partial charge in [-0.15, -0.1) is 10.2 Å². The maximum absolute atomic E-state index is 12.2. The van der Waals surface area contributed by atoms with E-state index >= 15 is 0 Å². The summed E-state index contributed by atoms with van der Waals surface area (Å²) in [6, 6.07) is 0. The van der Waals surface area contributed by atoms with Crippen molar-refractivity contribution in [3.63, 3.8) is 0 Å². The van der Waals surface area contributed by atoms with E-state index in [9.17, 15) is 9.59 Å². The quantitative estimate of drug-likeness (QED) is 0.776. The fraction of sp³-hybridized carbons (Fsp3) is 0.692. The summed E-state index contributed by atoms with van der Waals surface area (Å²) in [6.07, 6.45) is 3.28. The number of esters is 1. The number of hydrogen-bond acceptors (Lipinski definition) is 7. The first-order valence-corrected chi connectivity index (χ1v) is 7.69. The molecular formula is C13H19N3O3S. The summed E-state index contributed by atoms with van der Waals surface area (Å²) in [4.78, 5) is 24.1. The maximum Gasteiger partial charge on any atom is 0.310 e. The highest BCUT2D eigenvalue weighted by Gasteiger charge is 2.47. The molecule has 0 bridgehead atoms. The lowest BCUT2D eigenvalue weighted by Crippen LogP contribution is -2.39. The molecule has 0 aliphatic carbocycles. The van der Waals surface area contributed by atoms with Gasteiger partial charge in [0.15, 0.2) is 11.4 Å². The Morgan fingerprint density at radius 1 is 1.65 bits per heavy atom. The number of cyclic esters (lactones) is 1. The number of ether oxygens (including phenoxy) is 1. The minimum Gasteiger partial charge on any atom is -0.451 e. The van der Waals surface area contributed by atoms with Crippen molar-refractivity contribution in [2.45, 2.75) is 45.1 Å². The zero-order valence-corrected chi connectivity index (χ0v) is 12.5. The van der Waals surface area contributed by atoms with Gasteiger partial charge in [0, 0.05) is 6.42 Å². The highest BCUT2D eigenvalue weighted by Crippen LogP contribution is 2.34. The van der Waals surface area contributed by atoms with Crippen molar-refractivity contribution >= 4 is 28.2 Å². The van der Waals surface area contributed by atoms with Crippen LogP contribution in [-0.2, 0) is 14.3 Å². The Labute approximate surface area is 121 Å². The molecule has 7 heteroatoms. The van der Waals surface area contributed by atoms with Crippen molar-refractivity contribution in [2.75, 3.05) is 11.9 Å². The van der Waals surface area contributed by atoms with Gasteiger partial charge in [-0.3, -0.25) is 9.59 Å². The van der Waals surface area contributed by atoms with Crippen molar-refractivity contribution in [2.24, 2.45) is 5.92 Å². The van der Waals surface area contributed by atoms with Gasteiger partial charge in [-0.05, 0) is 13.3 Å². The molecule has 0 radical (unpaired) electrons. The third-order valence-electron chi connectivity index (χ3n) is 3.55. The Bertz CT molecular complexity index is 477. The second-order valence-electron chi connectivity index (χ2n) is 5.22. The lowest BCUT2D eigenvalue weighted by atomic mass is 9.89. The smallest absolute Gasteiger partial charge is 0.310 e. The van der Waals surface area contributed by atoms with E-state index in [0.29, 0.717) is 11.6 Å². The summed E-state index contributed by atoms with van der Waals surface area (Å²) in [5.74, 6) is -0.518. The molecule has 2 heterocycles. The number of carbonyl (C=O) groups is 2. The van der Waals surface area contributed by atoms with Gasteiger partial charge >= 0.3 is 5.97 Å². The van der Waals surface area contributed by atoms with Crippen molar-refractivity contribution in [3.05, 3.63) is 5.51 Å². The number of ketones is 1. The number of unbranched alkanes of at least 4 members (excludes halogenated alkanes) is 1. The molecule has 0 aromatic carbocycles. The molecule has 2 atom stereocenters. The number of carbonyl (C=O) groups excluding carboxylic acids is 2. The first-order chi connectivity index (χ1) is 9.55. The van der Waals surface area contributed by atoms with E-state index in [1.807, 2.05) is 0 Å². The van der Waals surface area contributed by atoms with Crippen LogP contribution in [0.15, 0.2) is 5.51 Å². The number of Topliss-reactive ketones (excluding diaryl/α,β-unsaturated/α-hetero) is 1. The van der Waals surface area contributed by atoms with E-state index in [2.05, 4.69) is 22.4 Å². The van der Waals surface area contributed by atoms with Crippen LogP contribution >= 0.6 is 11.3 Å². The Balaban J connectivity index is 1.90. The third-order valence-corrected chi connectivity index (χ3v) is 4.20. The topological polar surface area (TPSA) is 81.2 Å². The molecule has 20 heavy (non-hydrogen) atoms. The van der Waals surface area contributed by atoms with E-state index in [1.165, 1.54) is 11.3 Å². The minimum atomic E-state index is -1.01. The summed E-state index contributed by atoms with van der Waals surface area (Å²) in [5, 5.41) is 11.0. The molecular weight excluding hydrogens is 278 g/mol. The molecule has 0 unspecified atom stereocenters. The van der Waals surface area contributed by atoms with Crippen LogP contribution in [0.4, 0.5) is 5.13 Å². The largest absolute Gasteiger partial charge is 0.451 e. The molecule has 1 saturated heterocycles. The van der Waals surface area contributed by atoms with Crippen LogP contribution in [0.25, 0.3) is 0 Å². The summed E-state index contributed by atoms with van der Waals surface area (Å²) in [7, 11) is 0. The molecule has 0 amide bonds. The van der Waals surface area contributed by atoms with Gasteiger partial charge in [0.25, 0.3) is 0 Å². The van der Waals surface area contributed by atoms with Crippen molar-refractivity contribution in [1.29, 1.82) is 0 Å². The van der Waals surface area contributed by atoms with Crippen LogP contribution < -0.4 is 5.32 Å². The normalized spacial score (nSPS) is 25.5. The molecule has 2 rings (SSSR count). The molecule has 0 saturated carbocycles. The average Bonchev–Trinajstić information content (AvgIpc) is 3.02. The fourth-order valence-corrected chi connectivity index (χ4v) is 2.78. The van der Waals surface area contributed by atoms with Crippen LogP contribution in [0.2, 0.25) is 0 Å². The SMILES string of the molecule is CCCC[C@@H]1C[C@](C)(C(=O)CNc2nncs2)OC1=O. The summed E-state index contributed by atoms with van der Waals surface area (Å²) in [5.41, 5.74) is 0.581. The molecule has 110 valence electrons. The average molecular weight is 297 g/mol. The van der Waals surface area contributed by atoms with Gasteiger partial charge in [-0.2, -0.15) is 0 Å². The van der Waals surface area contributed by atoms with E-state index < -0.39 is 5.60 Å². The number of anilines is 1. The van der Waals surface area contributed by atoms with Gasteiger partial charge in [-0.25, -0.2) is 0 Å². The van der Waals surface area contributed by atoms with Crippen molar-refractivity contribution < 1.29 is 14.3 Å². The van der Waals surface area contributed by atoms with Crippen molar-refractivity contribution in [1.82, 2.24) is 10.2 Å². The van der Waals surface area contributed by atoms with E-state index in [1.54, 1.807) is 12.4 Å². The number of hydrogen-bond donors (Lipinski definition) is 1. The van der Waals surface area contributed by atoms with Gasteiger partial charge in [0.05, 0.1) is 12.5 Å². The van der Waals surface area contributed by atoms with E-state index in [-0.39, 0.29) is 24.2 Å². The zero-order chi connectivity index (χ0) is 14.6. The van der Waals surface area contributed by atoms with Crippen LogP contribution in [0.1, 0.15) is 39.5 Å². The zero-order valence-electron chi connectivity index (χ0n) is 11.7. The number of nitrogens with one attached hydrogen (secondary N) is 1. The van der Waals surface area contributed by atoms with Gasteiger partial charge in [0.2, 0.25) is 5.13 Å². The Morgan fingerprint density at radius 2 is 2.45 bits per heavy atom. The second kappa shape index (κ2) is 6.30. The van der Waals surface area contributed by atoms with Crippen LogP contribution in [-0.4, -0.2) is 34.1 Å². The highest BCUT2D eigenvalue weighted by atomic mass is 32.1. The van der Waals surface area contributed by atoms with Crippen LogP contribution in [0.3, 0.4) is 0 Å². The Hall–Kier alpha value is -1.50. The van der Waals surface area contributed by atoms with Gasteiger partial charge in [-0.1, -0.05) is 31.1 Å². The lowest BCUT2D eigenvalue weighted by molar-refractivity contribution is -0.156. The van der Waals surface area contributed by atoms with Crippen LogP contribution in [0.5, 0.6) is 0 Å². The number of rotatable bonds is 7. The molecule has 1 aromatic heterocycles. The molecule has 1 N–H and O–H groups in total. The Morgan fingerprint density at radius 3 is 3.10 bits per heavy atom. The molecule has 1 aliphatic heterocycles. The highest BCUT2D eigenvalue weighted by molar-refractivity contribution is 7.13. The van der Waals surface area contributed by atoms with E-state index in [4.69, 9.17) is 4.74 Å². The third kappa shape index (κ3) is 3.33. The molecule has 1 aliphatic rings. The minimum absolute atomic E-state index is 0.0967. The molecule has 6 nitrogen and oxygen atoms in total. The van der Waals surface area contributed by atoms with Gasteiger partial charge < -0.3 is 10.1 Å². The first-order valence-electron chi connectivity index (χ1n) is 6.81. The maximum atomic E-state index is 12.2. The van der Waals surface area contributed by atoms with Crippen LogP contribution in [0, 0.1) is 5.92 Å².